The molecule has 0 unspecified atom stereocenters. The standard InChI is InChI=1S/C22H26N2O4S/c1-6-14(4)28-22(26)15(5)24-12-23-20-19(21(24)25)18(11-29-20)16-7-9-17(10-8-16)27-13(2)3/h7-15H,6H2,1-5H3/t14-,15+/m0/s1. The Balaban J connectivity index is 1.98. The number of hydrogen-bond acceptors (Lipinski definition) is 6. The summed E-state index contributed by atoms with van der Waals surface area (Å²) >= 11 is 1.41. The SMILES string of the molecule is CC[C@H](C)OC(=O)[C@@H](C)n1cnc2scc(-c3ccc(OC(C)C)cc3)c2c1=O. The lowest BCUT2D eigenvalue weighted by Crippen LogP contribution is -2.31. The molecule has 29 heavy (non-hydrogen) atoms. The van der Waals surface area contributed by atoms with E-state index in [1.807, 2.05) is 57.3 Å². The fourth-order valence-corrected chi connectivity index (χ4v) is 3.82. The second-order valence-corrected chi connectivity index (χ2v) is 8.17. The summed E-state index contributed by atoms with van der Waals surface area (Å²) in [5.41, 5.74) is 1.46. The molecule has 6 nitrogen and oxygen atoms in total. The Hall–Kier alpha value is -2.67. The minimum atomic E-state index is -0.747. The number of carbonyl (C=O) groups excluding carboxylic acids is 1. The Labute approximate surface area is 174 Å². The van der Waals surface area contributed by atoms with E-state index < -0.39 is 12.0 Å². The van der Waals surface area contributed by atoms with E-state index in [2.05, 4.69) is 4.98 Å². The van der Waals surface area contributed by atoms with E-state index in [0.717, 1.165) is 23.3 Å². The van der Waals surface area contributed by atoms with Gasteiger partial charge in [-0.05, 0) is 51.8 Å². The van der Waals surface area contributed by atoms with Gasteiger partial charge in [-0.2, -0.15) is 0 Å². The molecule has 2 heterocycles. The molecule has 3 rings (SSSR count). The van der Waals surface area contributed by atoms with Crippen LogP contribution in [-0.2, 0) is 9.53 Å². The van der Waals surface area contributed by atoms with Crippen molar-refractivity contribution in [2.75, 3.05) is 0 Å². The van der Waals surface area contributed by atoms with E-state index in [9.17, 15) is 9.59 Å². The summed E-state index contributed by atoms with van der Waals surface area (Å²) in [7, 11) is 0. The van der Waals surface area contributed by atoms with E-state index >= 15 is 0 Å². The number of carbonyl (C=O) groups is 1. The molecule has 0 aliphatic rings. The zero-order valence-electron chi connectivity index (χ0n) is 17.3. The first-order valence-electron chi connectivity index (χ1n) is 9.77. The van der Waals surface area contributed by atoms with Crippen molar-refractivity contribution in [3.63, 3.8) is 0 Å². The number of ether oxygens (including phenoxy) is 2. The number of benzene rings is 1. The van der Waals surface area contributed by atoms with Gasteiger partial charge in [0.05, 0.1) is 23.9 Å². The van der Waals surface area contributed by atoms with Crippen molar-refractivity contribution in [3.05, 3.63) is 46.3 Å². The van der Waals surface area contributed by atoms with Crippen LogP contribution in [0.15, 0.2) is 40.8 Å². The van der Waals surface area contributed by atoms with Crippen LogP contribution in [-0.4, -0.2) is 27.7 Å². The fourth-order valence-electron chi connectivity index (χ4n) is 2.91. The molecule has 0 aliphatic heterocycles. The summed E-state index contributed by atoms with van der Waals surface area (Å²) in [5, 5.41) is 2.43. The summed E-state index contributed by atoms with van der Waals surface area (Å²) < 4.78 is 12.4. The van der Waals surface area contributed by atoms with Crippen LogP contribution < -0.4 is 10.3 Å². The molecule has 2 atom stereocenters. The average Bonchev–Trinajstić information content (AvgIpc) is 3.12. The quantitative estimate of drug-likeness (QED) is 0.519. The van der Waals surface area contributed by atoms with Gasteiger partial charge in [0, 0.05) is 10.9 Å². The number of rotatable bonds is 7. The van der Waals surface area contributed by atoms with Gasteiger partial charge in [0.2, 0.25) is 0 Å². The topological polar surface area (TPSA) is 70.4 Å². The number of hydrogen-bond donors (Lipinski definition) is 0. The summed E-state index contributed by atoms with van der Waals surface area (Å²) in [5.74, 6) is 0.342. The van der Waals surface area contributed by atoms with Crippen molar-refractivity contribution >= 4 is 27.5 Å². The van der Waals surface area contributed by atoms with Crippen LogP contribution in [0.4, 0.5) is 0 Å². The van der Waals surface area contributed by atoms with Crippen molar-refractivity contribution in [2.45, 2.75) is 59.3 Å². The normalized spacial score (nSPS) is 13.4. The van der Waals surface area contributed by atoms with E-state index in [0.29, 0.717) is 10.2 Å². The van der Waals surface area contributed by atoms with Gasteiger partial charge in [-0.25, -0.2) is 9.78 Å². The van der Waals surface area contributed by atoms with E-state index in [4.69, 9.17) is 9.47 Å². The summed E-state index contributed by atoms with van der Waals surface area (Å²) in [6, 6.07) is 6.88. The maximum Gasteiger partial charge on any atom is 0.329 e. The molecule has 154 valence electrons. The molecule has 0 bridgehead atoms. The lowest BCUT2D eigenvalue weighted by molar-refractivity contribution is -0.152. The van der Waals surface area contributed by atoms with Crippen LogP contribution in [0, 0.1) is 0 Å². The number of esters is 1. The van der Waals surface area contributed by atoms with E-state index in [-0.39, 0.29) is 17.8 Å². The first-order valence-corrected chi connectivity index (χ1v) is 10.7. The molecule has 0 spiro atoms. The highest BCUT2D eigenvalue weighted by atomic mass is 32.1. The summed E-state index contributed by atoms with van der Waals surface area (Å²) in [6.45, 7) is 9.38. The van der Waals surface area contributed by atoms with E-state index in [1.165, 1.54) is 22.2 Å². The molecule has 1 aromatic carbocycles. The Morgan fingerprint density at radius 1 is 1.17 bits per heavy atom. The Bertz CT molecular complexity index is 1050. The van der Waals surface area contributed by atoms with Gasteiger partial charge in [0.25, 0.3) is 5.56 Å². The smallest absolute Gasteiger partial charge is 0.329 e. The van der Waals surface area contributed by atoms with Gasteiger partial charge in [-0.15, -0.1) is 11.3 Å². The van der Waals surface area contributed by atoms with Crippen LogP contribution in [0.5, 0.6) is 5.75 Å². The third-order valence-electron chi connectivity index (χ3n) is 4.71. The predicted molar refractivity (Wildman–Crippen MR) is 116 cm³/mol. The summed E-state index contributed by atoms with van der Waals surface area (Å²) in [4.78, 5) is 30.6. The first kappa shape index (κ1) is 21.0. The second kappa shape index (κ2) is 8.78. The van der Waals surface area contributed by atoms with Gasteiger partial charge in [-0.1, -0.05) is 19.1 Å². The molecular weight excluding hydrogens is 388 g/mol. The Morgan fingerprint density at radius 2 is 1.86 bits per heavy atom. The monoisotopic (exact) mass is 414 g/mol. The van der Waals surface area contributed by atoms with Gasteiger partial charge in [0.15, 0.2) is 0 Å². The fraction of sp³-hybridized carbons (Fsp3) is 0.409. The van der Waals surface area contributed by atoms with Crippen LogP contribution >= 0.6 is 11.3 Å². The van der Waals surface area contributed by atoms with Crippen molar-refractivity contribution < 1.29 is 14.3 Å². The number of nitrogens with zero attached hydrogens (tertiary/aromatic N) is 2. The molecule has 7 heteroatoms. The highest BCUT2D eigenvalue weighted by Crippen LogP contribution is 2.32. The van der Waals surface area contributed by atoms with Crippen molar-refractivity contribution in [1.82, 2.24) is 9.55 Å². The molecular formula is C22H26N2O4S. The lowest BCUT2D eigenvalue weighted by atomic mass is 10.1. The van der Waals surface area contributed by atoms with Crippen LogP contribution in [0.25, 0.3) is 21.3 Å². The molecule has 2 aromatic heterocycles. The van der Waals surface area contributed by atoms with Gasteiger partial charge < -0.3 is 9.47 Å². The molecule has 0 amide bonds. The Kier molecular flexibility index (Phi) is 6.37. The third kappa shape index (κ3) is 4.50. The van der Waals surface area contributed by atoms with Crippen molar-refractivity contribution in [2.24, 2.45) is 0 Å². The molecule has 0 aliphatic carbocycles. The molecule has 0 saturated carbocycles. The highest BCUT2D eigenvalue weighted by molar-refractivity contribution is 7.17. The molecule has 3 aromatic rings. The maximum absolute atomic E-state index is 13.2. The average molecular weight is 415 g/mol. The second-order valence-electron chi connectivity index (χ2n) is 7.31. The van der Waals surface area contributed by atoms with Gasteiger partial charge in [0.1, 0.15) is 16.6 Å². The van der Waals surface area contributed by atoms with Crippen LogP contribution in [0.3, 0.4) is 0 Å². The zero-order valence-corrected chi connectivity index (χ0v) is 18.2. The molecule has 0 N–H and O–H groups in total. The summed E-state index contributed by atoms with van der Waals surface area (Å²) in [6.07, 6.45) is 2.04. The number of aromatic nitrogens is 2. The zero-order chi connectivity index (χ0) is 21.1. The minimum Gasteiger partial charge on any atom is -0.491 e. The largest absolute Gasteiger partial charge is 0.491 e. The first-order chi connectivity index (χ1) is 13.8. The Morgan fingerprint density at radius 3 is 2.48 bits per heavy atom. The maximum atomic E-state index is 13.2. The number of thiophene rings is 1. The van der Waals surface area contributed by atoms with Crippen LogP contribution in [0.1, 0.15) is 47.1 Å². The number of fused-ring (bicyclic) bond motifs is 1. The predicted octanol–water partition coefficient (Wildman–Crippen LogP) is 4.81. The van der Waals surface area contributed by atoms with Gasteiger partial charge >= 0.3 is 5.97 Å². The van der Waals surface area contributed by atoms with Crippen LogP contribution in [0.2, 0.25) is 0 Å². The van der Waals surface area contributed by atoms with Gasteiger partial charge in [-0.3, -0.25) is 9.36 Å². The molecule has 0 saturated heterocycles. The highest BCUT2D eigenvalue weighted by Gasteiger charge is 2.22. The molecule has 0 fully saturated rings. The minimum absolute atomic E-state index is 0.0934. The third-order valence-corrected chi connectivity index (χ3v) is 5.59. The molecule has 0 radical (unpaired) electrons. The van der Waals surface area contributed by atoms with Crippen molar-refractivity contribution in [3.8, 4) is 16.9 Å². The van der Waals surface area contributed by atoms with Crippen molar-refractivity contribution in [1.29, 1.82) is 0 Å². The van der Waals surface area contributed by atoms with E-state index in [1.54, 1.807) is 6.92 Å². The lowest BCUT2D eigenvalue weighted by Gasteiger charge is -2.17.